The van der Waals surface area contributed by atoms with Crippen LogP contribution in [-0.2, 0) is 5.41 Å². The monoisotopic (exact) mass is 577 g/mol. The molecule has 1 heterocycles. The van der Waals surface area contributed by atoms with E-state index in [1.807, 2.05) is 6.07 Å². The van der Waals surface area contributed by atoms with Crippen LogP contribution in [0.3, 0.4) is 0 Å². The number of para-hydroxylation sites is 2. The molecule has 0 saturated carbocycles. The molecule has 214 valence electrons. The van der Waals surface area contributed by atoms with Crippen LogP contribution in [0, 0.1) is 0 Å². The molecule has 1 aromatic heterocycles. The molecule has 0 spiro atoms. The smallest absolute Gasteiger partial charge is 0.136 e. The Kier molecular flexibility index (Phi) is 5.58. The Hall–Kier alpha value is -5.60. The molecule has 45 heavy (non-hydrogen) atoms. The lowest BCUT2D eigenvalue weighted by atomic mass is 9.82. The predicted octanol–water partition coefficient (Wildman–Crippen LogP) is 12.2. The highest BCUT2D eigenvalue weighted by atomic mass is 16.3. The average Bonchev–Trinajstić information content (AvgIpc) is 3.58. The van der Waals surface area contributed by atoms with E-state index in [4.69, 9.17) is 4.42 Å². The number of benzene rings is 7. The van der Waals surface area contributed by atoms with Crippen LogP contribution in [0.25, 0.3) is 55.0 Å². The minimum absolute atomic E-state index is 0.104. The Morgan fingerprint density at radius 2 is 1.16 bits per heavy atom. The Labute approximate surface area is 262 Å². The van der Waals surface area contributed by atoms with Crippen LogP contribution in [-0.4, -0.2) is 0 Å². The molecule has 7 aromatic carbocycles. The minimum Gasteiger partial charge on any atom is -0.456 e. The molecule has 2 nitrogen and oxygen atoms in total. The topological polar surface area (TPSA) is 16.4 Å². The summed E-state index contributed by atoms with van der Waals surface area (Å²) in [6.45, 7) is 4.70. The molecule has 0 amide bonds. The van der Waals surface area contributed by atoms with Gasteiger partial charge in [-0.1, -0.05) is 123 Å². The molecule has 0 atom stereocenters. The molecule has 2 heteroatoms. The van der Waals surface area contributed by atoms with Crippen LogP contribution < -0.4 is 4.90 Å². The number of hydrogen-bond acceptors (Lipinski definition) is 2. The molecule has 1 aliphatic carbocycles. The molecular weight excluding hydrogens is 546 g/mol. The molecule has 9 rings (SSSR count). The van der Waals surface area contributed by atoms with E-state index >= 15 is 0 Å². The van der Waals surface area contributed by atoms with Crippen molar-refractivity contribution in [3.05, 3.63) is 163 Å². The van der Waals surface area contributed by atoms with Crippen molar-refractivity contribution in [2.24, 2.45) is 0 Å². The van der Waals surface area contributed by atoms with Gasteiger partial charge in [0.05, 0.1) is 11.4 Å². The second-order valence-corrected chi connectivity index (χ2v) is 12.5. The van der Waals surface area contributed by atoms with Crippen molar-refractivity contribution in [1.82, 2.24) is 0 Å². The first-order valence-electron chi connectivity index (χ1n) is 15.6. The van der Waals surface area contributed by atoms with Gasteiger partial charge in [-0.25, -0.2) is 0 Å². The zero-order chi connectivity index (χ0) is 30.1. The van der Waals surface area contributed by atoms with Gasteiger partial charge in [-0.3, -0.25) is 0 Å². The van der Waals surface area contributed by atoms with Crippen molar-refractivity contribution in [2.45, 2.75) is 19.3 Å². The normalized spacial score (nSPS) is 13.3. The van der Waals surface area contributed by atoms with Gasteiger partial charge >= 0.3 is 0 Å². The first-order valence-corrected chi connectivity index (χ1v) is 15.6. The fourth-order valence-electron chi connectivity index (χ4n) is 7.53. The van der Waals surface area contributed by atoms with E-state index in [0.717, 1.165) is 39.0 Å². The van der Waals surface area contributed by atoms with Gasteiger partial charge < -0.3 is 9.32 Å². The van der Waals surface area contributed by atoms with E-state index < -0.39 is 0 Å². The number of fused-ring (bicyclic) bond motifs is 8. The molecule has 0 bridgehead atoms. The van der Waals surface area contributed by atoms with Crippen LogP contribution in [0.15, 0.2) is 156 Å². The maximum absolute atomic E-state index is 6.30. The van der Waals surface area contributed by atoms with Crippen LogP contribution in [0.2, 0.25) is 0 Å². The summed E-state index contributed by atoms with van der Waals surface area (Å²) in [5.41, 5.74) is 12.9. The second-order valence-electron chi connectivity index (χ2n) is 12.5. The Balaban J connectivity index is 1.34. The summed E-state index contributed by atoms with van der Waals surface area (Å²) in [5, 5.41) is 4.67. The minimum atomic E-state index is -0.104. The molecule has 0 unspecified atom stereocenters. The summed E-state index contributed by atoms with van der Waals surface area (Å²) in [5.74, 6) is 0. The standard InChI is InChI=1S/C43H31NO/c1-43(2)36-19-9-6-16-31(36)32-24-23-29(27-37(32)43)44(38-20-10-7-15-30(38)28-13-4-3-5-14-28)39-21-12-18-34-33(39)25-26-41-42(34)35-17-8-11-22-40(35)45-41/h3-27H,1-2H3. The molecule has 0 saturated heterocycles. The van der Waals surface area contributed by atoms with Crippen molar-refractivity contribution in [1.29, 1.82) is 0 Å². The lowest BCUT2D eigenvalue weighted by Crippen LogP contribution is -2.17. The SMILES string of the molecule is CC1(C)c2ccccc2-c2ccc(N(c3ccccc3-c3ccccc3)c3cccc4c3ccc3oc5ccccc5c34)cc21. The van der Waals surface area contributed by atoms with E-state index in [1.54, 1.807) is 0 Å². The summed E-state index contributed by atoms with van der Waals surface area (Å²) in [7, 11) is 0. The van der Waals surface area contributed by atoms with Gasteiger partial charge in [-0.2, -0.15) is 0 Å². The van der Waals surface area contributed by atoms with Crippen molar-refractivity contribution < 1.29 is 4.42 Å². The van der Waals surface area contributed by atoms with Crippen LogP contribution in [0.1, 0.15) is 25.0 Å². The van der Waals surface area contributed by atoms with Crippen LogP contribution in [0.5, 0.6) is 0 Å². The van der Waals surface area contributed by atoms with Crippen molar-refractivity contribution in [2.75, 3.05) is 4.90 Å². The highest BCUT2D eigenvalue weighted by Crippen LogP contribution is 2.52. The largest absolute Gasteiger partial charge is 0.456 e. The van der Waals surface area contributed by atoms with Crippen molar-refractivity contribution in [3.8, 4) is 22.3 Å². The van der Waals surface area contributed by atoms with E-state index in [-0.39, 0.29) is 5.41 Å². The fourth-order valence-corrected chi connectivity index (χ4v) is 7.53. The lowest BCUT2D eigenvalue weighted by Gasteiger charge is -2.30. The Morgan fingerprint density at radius 3 is 2.04 bits per heavy atom. The zero-order valence-corrected chi connectivity index (χ0v) is 25.3. The summed E-state index contributed by atoms with van der Waals surface area (Å²) in [4.78, 5) is 2.46. The van der Waals surface area contributed by atoms with Gasteiger partial charge in [0.1, 0.15) is 11.2 Å². The first-order chi connectivity index (χ1) is 22.1. The number of hydrogen-bond donors (Lipinski definition) is 0. The third-order valence-electron chi connectivity index (χ3n) is 9.67. The molecule has 8 aromatic rings. The summed E-state index contributed by atoms with van der Waals surface area (Å²) < 4.78 is 6.30. The molecule has 0 fully saturated rings. The number of rotatable bonds is 4. The van der Waals surface area contributed by atoms with E-state index in [0.29, 0.717) is 0 Å². The Bertz CT molecular complexity index is 2410. The van der Waals surface area contributed by atoms with E-state index in [9.17, 15) is 0 Å². The second kappa shape index (κ2) is 9.70. The molecule has 0 N–H and O–H groups in total. The lowest BCUT2D eigenvalue weighted by molar-refractivity contribution is 0.660. The zero-order valence-electron chi connectivity index (χ0n) is 25.3. The van der Waals surface area contributed by atoms with Crippen LogP contribution >= 0.6 is 0 Å². The van der Waals surface area contributed by atoms with Crippen molar-refractivity contribution in [3.63, 3.8) is 0 Å². The third-order valence-corrected chi connectivity index (χ3v) is 9.67. The predicted molar refractivity (Wildman–Crippen MR) is 189 cm³/mol. The maximum Gasteiger partial charge on any atom is 0.136 e. The quantitative estimate of drug-likeness (QED) is 0.207. The van der Waals surface area contributed by atoms with Gasteiger partial charge in [0.15, 0.2) is 0 Å². The number of anilines is 3. The molecule has 0 radical (unpaired) electrons. The third kappa shape index (κ3) is 3.82. The fraction of sp³-hybridized carbons (Fsp3) is 0.0698. The van der Waals surface area contributed by atoms with Gasteiger partial charge in [0, 0.05) is 32.8 Å². The highest BCUT2D eigenvalue weighted by Gasteiger charge is 2.36. The van der Waals surface area contributed by atoms with Crippen LogP contribution in [0.4, 0.5) is 17.1 Å². The van der Waals surface area contributed by atoms with Gasteiger partial charge in [-0.15, -0.1) is 0 Å². The first kappa shape index (κ1) is 25.9. The maximum atomic E-state index is 6.30. The van der Waals surface area contributed by atoms with E-state index in [1.165, 1.54) is 44.2 Å². The van der Waals surface area contributed by atoms with Crippen molar-refractivity contribution >= 4 is 49.8 Å². The molecule has 0 aliphatic heterocycles. The van der Waals surface area contributed by atoms with Gasteiger partial charge in [-0.05, 0) is 75.7 Å². The summed E-state index contributed by atoms with van der Waals surface area (Å²) in [6.07, 6.45) is 0. The number of nitrogens with zero attached hydrogens (tertiary/aromatic N) is 1. The molecular formula is C43H31NO. The summed E-state index contributed by atoms with van der Waals surface area (Å²) in [6, 6.07) is 54.7. The number of furan rings is 1. The Morgan fingerprint density at radius 1 is 0.467 bits per heavy atom. The molecule has 1 aliphatic rings. The van der Waals surface area contributed by atoms with Gasteiger partial charge in [0.2, 0.25) is 0 Å². The summed E-state index contributed by atoms with van der Waals surface area (Å²) >= 11 is 0. The van der Waals surface area contributed by atoms with Gasteiger partial charge in [0.25, 0.3) is 0 Å². The highest BCUT2D eigenvalue weighted by molar-refractivity contribution is 6.21. The van der Waals surface area contributed by atoms with E-state index in [2.05, 4.69) is 164 Å². The average molecular weight is 578 g/mol.